The number of ether oxygens (including phenoxy) is 1. The molecule has 0 bridgehead atoms. The molecular weight excluding hydrogens is 335 g/mol. The molecule has 1 aromatic rings. The molecule has 1 aliphatic heterocycles. The van der Waals surface area contributed by atoms with Gasteiger partial charge in [-0.3, -0.25) is 4.99 Å². The second-order valence-electron chi connectivity index (χ2n) is 5.31. The van der Waals surface area contributed by atoms with Crippen molar-refractivity contribution in [3.05, 3.63) is 35.6 Å². The summed E-state index contributed by atoms with van der Waals surface area (Å²) in [5.74, 6) is 0.204. The Morgan fingerprint density at radius 1 is 1.25 bits per heavy atom. The number of halogens is 1. The van der Waals surface area contributed by atoms with Gasteiger partial charge >= 0.3 is 0 Å². The molecule has 0 atom stereocenters. The number of hydrogen-bond donors (Lipinski definition) is 2. The predicted octanol–water partition coefficient (Wildman–Crippen LogP) is 0.153. The fourth-order valence-electron chi connectivity index (χ4n) is 2.26. The van der Waals surface area contributed by atoms with Crippen molar-refractivity contribution < 1.29 is 17.5 Å². The second-order valence-corrected chi connectivity index (χ2v) is 7.39. The van der Waals surface area contributed by atoms with Crippen LogP contribution in [0.1, 0.15) is 5.56 Å². The highest BCUT2D eigenvalue weighted by Crippen LogP contribution is 2.05. The average Bonchev–Trinajstić information content (AvgIpc) is 2.60. The van der Waals surface area contributed by atoms with Crippen molar-refractivity contribution in [2.45, 2.75) is 6.54 Å². The predicted molar refractivity (Wildman–Crippen MR) is 90.8 cm³/mol. The molecule has 1 aliphatic rings. The minimum Gasteiger partial charge on any atom is -0.379 e. The summed E-state index contributed by atoms with van der Waals surface area (Å²) in [6.45, 7) is 2.40. The van der Waals surface area contributed by atoms with Crippen LogP contribution in [0.15, 0.2) is 29.3 Å². The zero-order valence-electron chi connectivity index (χ0n) is 13.7. The number of hydrogen-bond acceptors (Lipinski definition) is 4. The van der Waals surface area contributed by atoms with Crippen LogP contribution in [0.2, 0.25) is 0 Å². The molecule has 1 aromatic carbocycles. The van der Waals surface area contributed by atoms with Gasteiger partial charge in [0.15, 0.2) is 5.96 Å². The van der Waals surface area contributed by atoms with E-state index in [1.54, 1.807) is 19.2 Å². The van der Waals surface area contributed by atoms with Gasteiger partial charge in [-0.25, -0.2) is 12.8 Å². The van der Waals surface area contributed by atoms with E-state index in [9.17, 15) is 12.8 Å². The highest BCUT2D eigenvalue weighted by atomic mass is 32.2. The Bertz CT molecular complexity index is 643. The lowest BCUT2D eigenvalue weighted by atomic mass is 10.2. The number of sulfonamides is 1. The molecule has 1 heterocycles. The first-order chi connectivity index (χ1) is 11.5. The summed E-state index contributed by atoms with van der Waals surface area (Å²) >= 11 is 0. The summed E-state index contributed by atoms with van der Waals surface area (Å²) in [5.41, 5.74) is 0.903. The van der Waals surface area contributed by atoms with Crippen LogP contribution in [0, 0.1) is 5.82 Å². The topological polar surface area (TPSA) is 83.0 Å². The van der Waals surface area contributed by atoms with E-state index in [4.69, 9.17) is 4.74 Å². The summed E-state index contributed by atoms with van der Waals surface area (Å²) in [6.07, 6.45) is 0. The molecule has 0 saturated carbocycles. The third-order valence-electron chi connectivity index (χ3n) is 3.61. The second kappa shape index (κ2) is 8.95. The third kappa shape index (κ3) is 5.73. The van der Waals surface area contributed by atoms with Crippen LogP contribution in [-0.2, 0) is 21.3 Å². The number of nitrogens with one attached hydrogen (secondary N) is 2. The molecule has 0 spiro atoms. The third-order valence-corrected chi connectivity index (χ3v) is 5.48. The van der Waals surface area contributed by atoms with Crippen molar-refractivity contribution >= 4 is 16.0 Å². The summed E-state index contributed by atoms with van der Waals surface area (Å²) in [4.78, 5) is 4.04. The molecule has 0 radical (unpaired) electrons. The number of aliphatic imine (C=N–C) groups is 1. The normalized spacial score (nSPS) is 16.8. The lowest BCUT2D eigenvalue weighted by Crippen LogP contribution is -2.45. The zero-order valence-corrected chi connectivity index (χ0v) is 14.5. The number of guanidine groups is 1. The van der Waals surface area contributed by atoms with Crippen molar-refractivity contribution in [3.63, 3.8) is 0 Å². The highest BCUT2D eigenvalue weighted by molar-refractivity contribution is 7.89. The van der Waals surface area contributed by atoms with Gasteiger partial charge < -0.3 is 15.4 Å². The van der Waals surface area contributed by atoms with Crippen LogP contribution >= 0.6 is 0 Å². The fraction of sp³-hybridized carbons (Fsp3) is 0.533. The van der Waals surface area contributed by atoms with Crippen molar-refractivity contribution in [3.8, 4) is 0 Å². The number of rotatable bonds is 6. The Hall–Kier alpha value is -1.71. The average molecular weight is 358 g/mol. The molecule has 0 aromatic heterocycles. The minimum atomic E-state index is -3.29. The molecule has 24 heavy (non-hydrogen) atoms. The highest BCUT2D eigenvalue weighted by Gasteiger charge is 2.23. The van der Waals surface area contributed by atoms with E-state index in [-0.39, 0.29) is 18.1 Å². The summed E-state index contributed by atoms with van der Waals surface area (Å²) in [5, 5.41) is 6.03. The molecule has 7 nitrogen and oxygen atoms in total. The molecule has 1 fully saturated rings. The first-order valence-corrected chi connectivity index (χ1v) is 9.37. The number of benzene rings is 1. The van der Waals surface area contributed by atoms with Crippen LogP contribution in [0.4, 0.5) is 4.39 Å². The quantitative estimate of drug-likeness (QED) is 0.559. The summed E-state index contributed by atoms with van der Waals surface area (Å²) in [7, 11) is -1.69. The summed E-state index contributed by atoms with van der Waals surface area (Å²) in [6, 6.07) is 6.14. The Labute approximate surface area is 142 Å². The largest absolute Gasteiger partial charge is 0.379 e. The molecule has 2 N–H and O–H groups in total. The van der Waals surface area contributed by atoms with Crippen LogP contribution in [0.5, 0.6) is 0 Å². The smallest absolute Gasteiger partial charge is 0.215 e. The van der Waals surface area contributed by atoms with Gasteiger partial charge in [-0.15, -0.1) is 0 Å². The van der Waals surface area contributed by atoms with Gasteiger partial charge in [-0.1, -0.05) is 12.1 Å². The van der Waals surface area contributed by atoms with Crippen molar-refractivity contribution in [1.29, 1.82) is 0 Å². The first-order valence-electron chi connectivity index (χ1n) is 7.76. The van der Waals surface area contributed by atoms with Crippen molar-refractivity contribution in [1.82, 2.24) is 14.9 Å². The monoisotopic (exact) mass is 358 g/mol. The Morgan fingerprint density at radius 3 is 2.54 bits per heavy atom. The first kappa shape index (κ1) is 18.6. The van der Waals surface area contributed by atoms with E-state index in [0.29, 0.717) is 38.8 Å². The molecule has 9 heteroatoms. The Morgan fingerprint density at radius 2 is 1.92 bits per heavy atom. The molecule has 0 amide bonds. The number of nitrogens with zero attached hydrogens (tertiary/aromatic N) is 2. The maximum atomic E-state index is 12.9. The van der Waals surface area contributed by atoms with Gasteiger partial charge in [0.25, 0.3) is 0 Å². The van der Waals surface area contributed by atoms with Crippen LogP contribution in [0.3, 0.4) is 0 Å². The molecule has 0 unspecified atom stereocenters. The van der Waals surface area contributed by atoms with Gasteiger partial charge in [0.05, 0.1) is 19.0 Å². The maximum absolute atomic E-state index is 12.9. The van der Waals surface area contributed by atoms with E-state index >= 15 is 0 Å². The van der Waals surface area contributed by atoms with Gasteiger partial charge in [0.1, 0.15) is 5.82 Å². The standard InChI is InChI=1S/C15H23FN4O3S/c1-17-15(19-12-13-2-4-14(16)5-3-13)18-6-11-24(21,22)20-7-9-23-10-8-20/h2-5H,6-12H2,1H3,(H2,17,18,19). The van der Waals surface area contributed by atoms with Crippen molar-refractivity contribution in [2.24, 2.45) is 4.99 Å². The fourth-order valence-corrected chi connectivity index (χ4v) is 3.58. The van der Waals surface area contributed by atoms with Crippen LogP contribution < -0.4 is 10.6 Å². The maximum Gasteiger partial charge on any atom is 0.215 e. The van der Waals surface area contributed by atoms with Crippen molar-refractivity contribution in [2.75, 3.05) is 45.6 Å². The minimum absolute atomic E-state index is 0.00967. The van der Waals surface area contributed by atoms with Gasteiger partial charge in [-0.05, 0) is 17.7 Å². The lowest BCUT2D eigenvalue weighted by molar-refractivity contribution is 0.0730. The van der Waals surface area contributed by atoms with E-state index in [1.165, 1.54) is 16.4 Å². The van der Waals surface area contributed by atoms with E-state index in [1.807, 2.05) is 0 Å². The molecule has 1 saturated heterocycles. The van der Waals surface area contributed by atoms with Crippen LogP contribution in [-0.4, -0.2) is 64.3 Å². The summed E-state index contributed by atoms with van der Waals surface area (Å²) < 4.78 is 43.9. The van der Waals surface area contributed by atoms with E-state index in [2.05, 4.69) is 15.6 Å². The van der Waals surface area contributed by atoms with Gasteiger partial charge in [0.2, 0.25) is 10.0 Å². The Balaban J connectivity index is 1.75. The van der Waals surface area contributed by atoms with Gasteiger partial charge in [0, 0.05) is 33.2 Å². The molecule has 134 valence electrons. The van der Waals surface area contributed by atoms with Gasteiger partial charge in [-0.2, -0.15) is 4.31 Å². The Kier molecular flexibility index (Phi) is 6.95. The van der Waals surface area contributed by atoms with Crippen LogP contribution in [0.25, 0.3) is 0 Å². The SMILES string of the molecule is CN=C(NCCS(=O)(=O)N1CCOCC1)NCc1ccc(F)cc1. The van der Waals surface area contributed by atoms with E-state index < -0.39 is 10.0 Å². The molecular formula is C15H23FN4O3S. The molecule has 2 rings (SSSR count). The number of morpholine rings is 1. The zero-order chi connectivity index (χ0) is 17.4. The molecule has 0 aliphatic carbocycles. The van der Waals surface area contributed by atoms with E-state index in [0.717, 1.165) is 5.56 Å². The lowest BCUT2D eigenvalue weighted by Gasteiger charge is -2.26.